The predicted molar refractivity (Wildman–Crippen MR) is 63.6 cm³/mol. The molecule has 0 aliphatic rings. The van der Waals surface area contributed by atoms with Crippen molar-refractivity contribution in [1.82, 2.24) is 4.98 Å². The Kier molecular flexibility index (Phi) is 5.43. The molecule has 1 heterocycles. The summed E-state index contributed by atoms with van der Waals surface area (Å²) in [5.74, 6) is -1.75. The van der Waals surface area contributed by atoms with Gasteiger partial charge in [0, 0.05) is 11.6 Å². The molecule has 0 aliphatic carbocycles. The van der Waals surface area contributed by atoms with E-state index in [1.54, 1.807) is 6.92 Å². The Morgan fingerprint density at radius 2 is 2.10 bits per heavy atom. The van der Waals surface area contributed by atoms with E-state index in [9.17, 15) is 22.8 Å². The molecule has 112 valence electrons. The first-order valence-electron chi connectivity index (χ1n) is 5.49. The lowest BCUT2D eigenvalue weighted by Gasteiger charge is -2.11. The average molecular weight is 314 g/mol. The molecule has 9 heteroatoms. The first-order valence-corrected chi connectivity index (χ1v) is 6.02. The number of aromatic amines is 1. The fourth-order valence-electron chi connectivity index (χ4n) is 1.42. The van der Waals surface area contributed by atoms with E-state index in [4.69, 9.17) is 11.6 Å². The lowest BCUT2D eigenvalue weighted by atomic mass is 10.1. The fraction of sp³-hybridized carbons (Fsp3) is 0.455. The molecule has 20 heavy (non-hydrogen) atoms. The van der Waals surface area contributed by atoms with Gasteiger partial charge in [0.25, 0.3) is 5.56 Å². The summed E-state index contributed by atoms with van der Waals surface area (Å²) in [6, 6.07) is 0.855. The van der Waals surface area contributed by atoms with Crippen LogP contribution in [0.3, 0.4) is 0 Å². The number of hydrogen-bond donors (Lipinski definition) is 1. The number of aromatic nitrogens is 1. The Morgan fingerprint density at radius 3 is 2.60 bits per heavy atom. The van der Waals surface area contributed by atoms with Crippen molar-refractivity contribution in [1.29, 1.82) is 0 Å². The Labute approximate surface area is 116 Å². The highest BCUT2D eigenvalue weighted by Crippen LogP contribution is 2.22. The van der Waals surface area contributed by atoms with Gasteiger partial charge in [0.1, 0.15) is 0 Å². The SMILES string of the molecule is CCOC(=O)Cc1[nH]c(=O)c(OC(F)(F)F)cc1CCl. The van der Waals surface area contributed by atoms with E-state index in [2.05, 4.69) is 14.5 Å². The minimum Gasteiger partial charge on any atom is -0.466 e. The lowest BCUT2D eigenvalue weighted by molar-refractivity contribution is -0.275. The molecule has 5 nitrogen and oxygen atoms in total. The van der Waals surface area contributed by atoms with E-state index < -0.39 is 23.6 Å². The molecule has 1 aromatic heterocycles. The van der Waals surface area contributed by atoms with Gasteiger partial charge in [0.05, 0.1) is 13.0 Å². The number of H-pyrrole nitrogens is 1. The summed E-state index contributed by atoms with van der Waals surface area (Å²) in [4.78, 5) is 24.9. The maximum atomic E-state index is 12.1. The number of halogens is 4. The summed E-state index contributed by atoms with van der Waals surface area (Å²) in [5, 5.41) is 0. The molecule has 0 fully saturated rings. The molecule has 1 rings (SSSR count). The van der Waals surface area contributed by atoms with Gasteiger partial charge in [-0.15, -0.1) is 24.8 Å². The second-order valence-corrected chi connectivity index (χ2v) is 3.90. The van der Waals surface area contributed by atoms with Gasteiger partial charge in [-0.2, -0.15) is 0 Å². The third-order valence-electron chi connectivity index (χ3n) is 2.18. The van der Waals surface area contributed by atoms with Crippen molar-refractivity contribution < 1.29 is 27.4 Å². The van der Waals surface area contributed by atoms with E-state index >= 15 is 0 Å². The molecule has 0 unspecified atom stereocenters. The van der Waals surface area contributed by atoms with Crippen LogP contribution in [0.25, 0.3) is 0 Å². The minimum atomic E-state index is -4.99. The van der Waals surface area contributed by atoms with Crippen molar-refractivity contribution in [2.24, 2.45) is 0 Å². The van der Waals surface area contributed by atoms with Crippen LogP contribution in [0.2, 0.25) is 0 Å². The summed E-state index contributed by atoms with van der Waals surface area (Å²) >= 11 is 5.58. The highest BCUT2D eigenvalue weighted by molar-refractivity contribution is 6.17. The van der Waals surface area contributed by atoms with Crippen LogP contribution in [0.5, 0.6) is 5.75 Å². The van der Waals surface area contributed by atoms with Gasteiger partial charge in [0.15, 0.2) is 5.75 Å². The smallest absolute Gasteiger partial charge is 0.466 e. The number of hydrogen-bond acceptors (Lipinski definition) is 4. The van der Waals surface area contributed by atoms with Crippen molar-refractivity contribution in [3.8, 4) is 5.75 Å². The van der Waals surface area contributed by atoms with Gasteiger partial charge < -0.3 is 14.5 Å². The van der Waals surface area contributed by atoms with Gasteiger partial charge in [-0.05, 0) is 18.6 Å². The first-order chi connectivity index (χ1) is 9.26. The topological polar surface area (TPSA) is 68.4 Å². The minimum absolute atomic E-state index is 0.0953. The van der Waals surface area contributed by atoms with Crippen molar-refractivity contribution in [3.63, 3.8) is 0 Å². The monoisotopic (exact) mass is 313 g/mol. The highest BCUT2D eigenvalue weighted by atomic mass is 35.5. The maximum absolute atomic E-state index is 12.1. The Hall–Kier alpha value is -1.70. The molecule has 0 aliphatic heterocycles. The molecular weight excluding hydrogens is 303 g/mol. The molecule has 1 aromatic rings. The molecule has 0 atom stereocenters. The van der Waals surface area contributed by atoms with Crippen LogP contribution in [0.1, 0.15) is 18.2 Å². The molecule has 1 N–H and O–H groups in total. The average Bonchev–Trinajstić information content (AvgIpc) is 2.31. The van der Waals surface area contributed by atoms with Crippen molar-refractivity contribution in [2.75, 3.05) is 6.61 Å². The molecule has 0 amide bonds. The zero-order valence-corrected chi connectivity index (χ0v) is 11.1. The van der Waals surface area contributed by atoms with Crippen LogP contribution in [0.15, 0.2) is 10.9 Å². The first kappa shape index (κ1) is 16.4. The van der Waals surface area contributed by atoms with Crippen molar-refractivity contribution in [2.45, 2.75) is 25.6 Å². The van der Waals surface area contributed by atoms with Gasteiger partial charge in [0.2, 0.25) is 0 Å². The van der Waals surface area contributed by atoms with E-state index in [1.165, 1.54) is 0 Å². The third-order valence-corrected chi connectivity index (χ3v) is 2.47. The summed E-state index contributed by atoms with van der Waals surface area (Å²) in [5.41, 5.74) is -0.855. The van der Waals surface area contributed by atoms with Crippen LogP contribution in [0.4, 0.5) is 13.2 Å². The standard InChI is InChI=1S/C11H11ClF3NO4/c1-2-19-9(17)4-7-6(5-12)3-8(10(18)16-7)20-11(13,14)15/h3H,2,4-5H2,1H3,(H,16,18). The number of ether oxygens (including phenoxy) is 2. The second-order valence-electron chi connectivity index (χ2n) is 3.63. The summed E-state index contributed by atoms with van der Waals surface area (Å²) in [6.07, 6.45) is -5.28. The van der Waals surface area contributed by atoms with Gasteiger partial charge >= 0.3 is 12.3 Å². The van der Waals surface area contributed by atoms with E-state index in [1.807, 2.05) is 0 Å². The second kappa shape index (κ2) is 6.65. The van der Waals surface area contributed by atoms with E-state index in [0.29, 0.717) is 0 Å². The Morgan fingerprint density at radius 1 is 1.45 bits per heavy atom. The van der Waals surface area contributed by atoms with Crippen LogP contribution >= 0.6 is 11.6 Å². The number of esters is 1. The molecular formula is C11H11ClF3NO4. The molecule has 0 spiro atoms. The van der Waals surface area contributed by atoms with Gasteiger partial charge in [-0.25, -0.2) is 0 Å². The van der Waals surface area contributed by atoms with Crippen LogP contribution in [0, 0.1) is 0 Å². The Bertz CT molecular complexity index is 541. The summed E-state index contributed by atoms with van der Waals surface area (Å²) in [6.45, 7) is 1.75. The van der Waals surface area contributed by atoms with Crippen LogP contribution < -0.4 is 10.3 Å². The maximum Gasteiger partial charge on any atom is 0.573 e. The van der Waals surface area contributed by atoms with Gasteiger partial charge in [-0.1, -0.05) is 0 Å². The molecule has 0 saturated heterocycles. The largest absolute Gasteiger partial charge is 0.573 e. The van der Waals surface area contributed by atoms with Crippen molar-refractivity contribution in [3.05, 3.63) is 27.7 Å². The van der Waals surface area contributed by atoms with Gasteiger partial charge in [-0.3, -0.25) is 9.59 Å². The summed E-state index contributed by atoms with van der Waals surface area (Å²) in [7, 11) is 0. The molecule has 0 aromatic carbocycles. The van der Waals surface area contributed by atoms with E-state index in [-0.39, 0.29) is 30.2 Å². The molecule has 0 saturated carbocycles. The molecule has 0 radical (unpaired) electrons. The zero-order chi connectivity index (χ0) is 15.3. The van der Waals surface area contributed by atoms with Crippen molar-refractivity contribution >= 4 is 17.6 Å². The number of rotatable bonds is 5. The number of nitrogens with one attached hydrogen (secondary N) is 1. The normalized spacial score (nSPS) is 11.2. The molecule has 0 bridgehead atoms. The highest BCUT2D eigenvalue weighted by Gasteiger charge is 2.32. The number of alkyl halides is 4. The Balaban J connectivity index is 3.07. The van der Waals surface area contributed by atoms with Crippen LogP contribution in [-0.4, -0.2) is 23.9 Å². The van der Waals surface area contributed by atoms with E-state index in [0.717, 1.165) is 6.07 Å². The fourth-order valence-corrected chi connectivity index (χ4v) is 1.66. The lowest BCUT2D eigenvalue weighted by Crippen LogP contribution is -2.24. The number of pyridine rings is 1. The number of carbonyl (C=O) groups is 1. The summed E-state index contributed by atoms with van der Waals surface area (Å²) < 4.78 is 44.5. The predicted octanol–water partition coefficient (Wildman–Crippen LogP) is 2.12. The van der Waals surface area contributed by atoms with Crippen LogP contribution in [-0.2, 0) is 21.8 Å². The quantitative estimate of drug-likeness (QED) is 0.668. The third kappa shape index (κ3) is 4.76. The number of carbonyl (C=O) groups excluding carboxylic acids is 1. The zero-order valence-electron chi connectivity index (χ0n) is 10.3.